The number of nitrogens with zero attached hydrogens (tertiary/aromatic N) is 1. The third kappa shape index (κ3) is 5.87. The Balaban J connectivity index is 2.60. The number of carboxylic acid groups (broad SMARTS) is 1. The number of carbonyl (C=O) groups excluding carboxylic acids is 1. The van der Waals surface area contributed by atoms with Gasteiger partial charge in [-0.15, -0.1) is 11.3 Å². The lowest BCUT2D eigenvalue weighted by Gasteiger charge is -2.17. The molecule has 0 fully saturated rings. The zero-order chi connectivity index (χ0) is 15.3. The summed E-state index contributed by atoms with van der Waals surface area (Å²) in [5.41, 5.74) is 0.629. The van der Waals surface area contributed by atoms with E-state index in [9.17, 15) is 22.8 Å². The molecule has 4 nitrogen and oxygen atoms in total. The zero-order valence-corrected chi connectivity index (χ0v) is 11.3. The Labute approximate surface area is 117 Å². The van der Waals surface area contributed by atoms with Crippen LogP contribution in [0.4, 0.5) is 13.2 Å². The van der Waals surface area contributed by atoms with Crippen molar-refractivity contribution in [2.45, 2.75) is 19.1 Å². The van der Waals surface area contributed by atoms with Crippen LogP contribution in [0, 0.1) is 0 Å². The van der Waals surface area contributed by atoms with Crippen LogP contribution >= 0.6 is 11.3 Å². The van der Waals surface area contributed by atoms with E-state index in [1.165, 1.54) is 24.5 Å². The van der Waals surface area contributed by atoms with Gasteiger partial charge in [0.25, 0.3) is 0 Å². The maximum absolute atomic E-state index is 12.1. The van der Waals surface area contributed by atoms with Crippen molar-refractivity contribution >= 4 is 29.3 Å². The minimum atomic E-state index is -4.52. The van der Waals surface area contributed by atoms with Crippen molar-refractivity contribution in [2.24, 2.45) is 0 Å². The van der Waals surface area contributed by atoms with E-state index >= 15 is 0 Å². The van der Waals surface area contributed by atoms with E-state index in [0.29, 0.717) is 10.4 Å². The molecule has 0 radical (unpaired) electrons. The van der Waals surface area contributed by atoms with Crippen LogP contribution in [0.15, 0.2) is 17.5 Å². The number of hydrogen-bond acceptors (Lipinski definition) is 3. The summed E-state index contributed by atoms with van der Waals surface area (Å²) in [7, 11) is 1.29. The van der Waals surface area contributed by atoms with E-state index in [2.05, 4.69) is 0 Å². The molecular weight excluding hydrogens is 295 g/mol. The molecule has 1 heterocycles. The molecule has 0 aliphatic heterocycles. The Morgan fingerprint density at radius 2 is 2.10 bits per heavy atom. The molecule has 1 N–H and O–H groups in total. The highest BCUT2D eigenvalue weighted by Crippen LogP contribution is 2.22. The Hall–Kier alpha value is -1.83. The standard InChI is InChI=1S/C12H12F3NO3S/c1-16(10(17)5-12(13,14)15)6-9-4-8(7-20-9)2-3-11(18)19/h2-4,7H,5-6H2,1H3,(H,18,19). The average molecular weight is 307 g/mol. The fourth-order valence-corrected chi connectivity index (χ4v) is 2.27. The van der Waals surface area contributed by atoms with Gasteiger partial charge in [-0.1, -0.05) is 0 Å². The van der Waals surface area contributed by atoms with Gasteiger partial charge in [0, 0.05) is 18.0 Å². The Bertz CT molecular complexity index is 522. The predicted molar refractivity (Wildman–Crippen MR) is 68.1 cm³/mol. The molecule has 20 heavy (non-hydrogen) atoms. The molecule has 0 aliphatic carbocycles. The van der Waals surface area contributed by atoms with Gasteiger partial charge in [0.05, 0.1) is 6.54 Å². The maximum Gasteiger partial charge on any atom is 0.397 e. The quantitative estimate of drug-likeness (QED) is 0.851. The van der Waals surface area contributed by atoms with Crippen LogP contribution in [0.5, 0.6) is 0 Å². The first-order valence-corrected chi connectivity index (χ1v) is 6.34. The maximum atomic E-state index is 12.1. The van der Waals surface area contributed by atoms with E-state index in [1.807, 2.05) is 0 Å². The second-order valence-corrected chi connectivity index (χ2v) is 5.06. The lowest BCUT2D eigenvalue weighted by molar-refractivity contribution is -0.160. The minimum absolute atomic E-state index is 0.0560. The van der Waals surface area contributed by atoms with E-state index in [-0.39, 0.29) is 6.54 Å². The molecular formula is C12H12F3NO3S. The van der Waals surface area contributed by atoms with E-state index in [1.54, 1.807) is 11.4 Å². The Kier molecular flexibility index (Phi) is 5.32. The Morgan fingerprint density at radius 1 is 1.45 bits per heavy atom. The lowest BCUT2D eigenvalue weighted by Crippen LogP contribution is -2.30. The van der Waals surface area contributed by atoms with Crippen LogP contribution in [0.1, 0.15) is 16.9 Å². The molecule has 0 spiro atoms. The molecule has 0 saturated carbocycles. The molecule has 0 bridgehead atoms. The summed E-state index contributed by atoms with van der Waals surface area (Å²) in [6.45, 7) is 0.0560. The molecule has 1 aromatic heterocycles. The molecule has 0 atom stereocenters. The number of hydrogen-bond donors (Lipinski definition) is 1. The second kappa shape index (κ2) is 6.56. The first kappa shape index (κ1) is 16.2. The van der Waals surface area contributed by atoms with Gasteiger partial charge < -0.3 is 10.0 Å². The number of aliphatic carboxylic acids is 1. The van der Waals surface area contributed by atoms with E-state index < -0.39 is 24.5 Å². The van der Waals surface area contributed by atoms with Gasteiger partial charge in [-0.05, 0) is 23.1 Å². The number of thiophene rings is 1. The highest BCUT2D eigenvalue weighted by atomic mass is 32.1. The summed E-state index contributed by atoms with van der Waals surface area (Å²) < 4.78 is 36.2. The largest absolute Gasteiger partial charge is 0.478 e. The molecule has 0 aromatic carbocycles. The van der Waals surface area contributed by atoms with Crippen LogP contribution in [0.2, 0.25) is 0 Å². The highest BCUT2D eigenvalue weighted by Gasteiger charge is 2.32. The number of halogens is 3. The van der Waals surface area contributed by atoms with Gasteiger partial charge in [0.1, 0.15) is 6.42 Å². The predicted octanol–water partition coefficient (Wildman–Crippen LogP) is 2.76. The summed E-state index contributed by atoms with van der Waals surface area (Å²) in [4.78, 5) is 23.3. The van der Waals surface area contributed by atoms with Crippen LogP contribution in [-0.4, -0.2) is 35.1 Å². The van der Waals surface area contributed by atoms with Crippen molar-refractivity contribution in [2.75, 3.05) is 7.05 Å². The Morgan fingerprint density at radius 3 is 2.65 bits per heavy atom. The number of amides is 1. The average Bonchev–Trinajstić information content (AvgIpc) is 2.71. The normalized spacial score (nSPS) is 11.8. The molecule has 110 valence electrons. The SMILES string of the molecule is CN(Cc1cc(C=CC(=O)O)cs1)C(=O)CC(F)(F)F. The van der Waals surface area contributed by atoms with Gasteiger partial charge in [0.2, 0.25) is 5.91 Å². The molecule has 1 amide bonds. The van der Waals surface area contributed by atoms with Gasteiger partial charge >= 0.3 is 12.1 Å². The van der Waals surface area contributed by atoms with Crippen molar-refractivity contribution in [3.8, 4) is 0 Å². The molecule has 1 aromatic rings. The fraction of sp³-hybridized carbons (Fsp3) is 0.333. The van der Waals surface area contributed by atoms with Crippen molar-refractivity contribution in [3.63, 3.8) is 0 Å². The monoisotopic (exact) mass is 307 g/mol. The smallest absolute Gasteiger partial charge is 0.397 e. The summed E-state index contributed by atoms with van der Waals surface area (Å²) >= 11 is 1.25. The molecule has 8 heteroatoms. The van der Waals surface area contributed by atoms with Gasteiger partial charge in [0.15, 0.2) is 0 Å². The van der Waals surface area contributed by atoms with Gasteiger partial charge in [-0.25, -0.2) is 4.79 Å². The van der Waals surface area contributed by atoms with Gasteiger partial charge in [-0.3, -0.25) is 4.79 Å². The van der Waals surface area contributed by atoms with Crippen molar-refractivity contribution < 1.29 is 27.9 Å². The number of alkyl halides is 3. The third-order valence-electron chi connectivity index (χ3n) is 2.26. The number of carbonyl (C=O) groups is 2. The summed E-state index contributed by atoms with van der Waals surface area (Å²) in [6.07, 6.45) is -3.67. The summed E-state index contributed by atoms with van der Waals surface area (Å²) in [6, 6.07) is 1.63. The van der Waals surface area contributed by atoms with Crippen LogP contribution in [0.3, 0.4) is 0 Å². The van der Waals surface area contributed by atoms with Crippen molar-refractivity contribution in [1.29, 1.82) is 0 Å². The molecule has 0 saturated heterocycles. The number of rotatable bonds is 5. The van der Waals surface area contributed by atoms with Crippen molar-refractivity contribution in [3.05, 3.63) is 28.0 Å². The van der Waals surface area contributed by atoms with E-state index in [0.717, 1.165) is 11.0 Å². The van der Waals surface area contributed by atoms with Gasteiger partial charge in [-0.2, -0.15) is 13.2 Å². The lowest BCUT2D eigenvalue weighted by atomic mass is 10.2. The first-order chi connectivity index (χ1) is 9.17. The summed E-state index contributed by atoms with van der Waals surface area (Å²) in [5, 5.41) is 10.1. The molecule has 0 unspecified atom stereocenters. The first-order valence-electron chi connectivity index (χ1n) is 5.46. The molecule has 1 rings (SSSR count). The summed E-state index contributed by atoms with van der Waals surface area (Å²) in [5.74, 6) is -2.09. The van der Waals surface area contributed by atoms with Crippen LogP contribution in [0.25, 0.3) is 6.08 Å². The van der Waals surface area contributed by atoms with Crippen LogP contribution < -0.4 is 0 Å². The number of carboxylic acids is 1. The minimum Gasteiger partial charge on any atom is -0.478 e. The van der Waals surface area contributed by atoms with Crippen LogP contribution in [-0.2, 0) is 16.1 Å². The topological polar surface area (TPSA) is 57.6 Å². The highest BCUT2D eigenvalue weighted by molar-refractivity contribution is 7.10. The van der Waals surface area contributed by atoms with Crippen molar-refractivity contribution in [1.82, 2.24) is 4.90 Å². The van der Waals surface area contributed by atoms with E-state index in [4.69, 9.17) is 5.11 Å². The fourth-order valence-electron chi connectivity index (χ4n) is 1.36. The molecule has 0 aliphatic rings. The zero-order valence-electron chi connectivity index (χ0n) is 10.5. The second-order valence-electron chi connectivity index (χ2n) is 4.06. The third-order valence-corrected chi connectivity index (χ3v) is 3.20.